The molecule has 2 aromatic rings. The highest BCUT2D eigenvalue weighted by Gasteiger charge is 2.06. The molecule has 10 heteroatoms. The summed E-state index contributed by atoms with van der Waals surface area (Å²) in [6.07, 6.45) is 5.74. The van der Waals surface area contributed by atoms with E-state index in [4.69, 9.17) is 5.73 Å². The van der Waals surface area contributed by atoms with Gasteiger partial charge in [-0.05, 0) is 30.2 Å². The van der Waals surface area contributed by atoms with Crippen molar-refractivity contribution in [1.29, 1.82) is 0 Å². The van der Waals surface area contributed by atoms with Crippen LogP contribution in [0.5, 0.6) is 0 Å². The van der Waals surface area contributed by atoms with E-state index in [9.17, 15) is 4.79 Å². The van der Waals surface area contributed by atoms with E-state index in [1.165, 1.54) is 0 Å². The average Bonchev–Trinajstić information content (AvgIpc) is 3.03. The molecule has 1 amide bonds. The summed E-state index contributed by atoms with van der Waals surface area (Å²) in [4.78, 5) is 16.7. The Morgan fingerprint density at radius 3 is 2.67 bits per heavy atom. The summed E-state index contributed by atoms with van der Waals surface area (Å²) >= 11 is 0. The van der Waals surface area contributed by atoms with Crippen molar-refractivity contribution in [3.8, 4) is 11.5 Å². The molecule has 3 N–H and O–H groups in total. The molecule has 0 aliphatic carbocycles. The van der Waals surface area contributed by atoms with Crippen molar-refractivity contribution in [2.75, 3.05) is 13.1 Å². The molecule has 0 bridgehead atoms. The smallest absolute Gasteiger partial charge is 0.233 e. The predicted octanol–water partition coefficient (Wildman–Crippen LogP) is 1.21. The number of unbranched alkanes of at least 4 members (excludes halogenated alkanes) is 3. The summed E-state index contributed by atoms with van der Waals surface area (Å²) in [5, 5.41) is 15.1. The van der Waals surface area contributed by atoms with E-state index in [-0.39, 0.29) is 37.3 Å². The van der Waals surface area contributed by atoms with Gasteiger partial charge in [-0.25, -0.2) is 0 Å². The van der Waals surface area contributed by atoms with E-state index in [0.29, 0.717) is 12.4 Å². The summed E-state index contributed by atoms with van der Waals surface area (Å²) < 4.78 is 0. The number of tetrazole rings is 1. The van der Waals surface area contributed by atoms with Crippen LogP contribution < -0.4 is 11.1 Å². The molecule has 0 unspecified atom stereocenters. The van der Waals surface area contributed by atoms with E-state index >= 15 is 0 Å². The lowest BCUT2D eigenvalue weighted by molar-refractivity contribution is -0.119. The number of carbonyl (C=O) groups excluding carboxylic acids is 1. The molecule has 0 saturated carbocycles. The zero-order valence-electron chi connectivity index (χ0n) is 13.3. The normalized spacial score (nSPS) is 9.71. The third-order valence-corrected chi connectivity index (χ3v) is 3.14. The lowest BCUT2D eigenvalue weighted by atomic mass is 10.2. The minimum Gasteiger partial charge on any atom is -0.355 e. The monoisotopic (exact) mass is 375 g/mol. The van der Waals surface area contributed by atoms with E-state index < -0.39 is 0 Å². The summed E-state index contributed by atoms with van der Waals surface area (Å²) in [7, 11) is 0. The second kappa shape index (κ2) is 12.6. The number of nitrogens with two attached hydrogens (primary N) is 1. The van der Waals surface area contributed by atoms with E-state index in [2.05, 4.69) is 25.7 Å². The van der Waals surface area contributed by atoms with Gasteiger partial charge in [0.1, 0.15) is 5.69 Å². The minimum atomic E-state index is -0.103. The van der Waals surface area contributed by atoms with Crippen LogP contribution in [0.15, 0.2) is 24.4 Å². The molecule has 134 valence electrons. The topological polar surface area (TPSA) is 112 Å². The maximum absolute atomic E-state index is 10.9. The first-order valence-electron chi connectivity index (χ1n) is 7.45. The Hall–Kier alpha value is -1.77. The largest absolute Gasteiger partial charge is 0.355 e. The highest BCUT2D eigenvalue weighted by molar-refractivity contribution is 5.85. The SMILES string of the molecule is Cl.Cl.NCC(=O)NCCCCCCn1nnc(-c2ccccn2)n1. The summed E-state index contributed by atoms with van der Waals surface area (Å²) in [6, 6.07) is 5.60. The molecule has 24 heavy (non-hydrogen) atoms. The Morgan fingerprint density at radius 1 is 1.17 bits per heavy atom. The van der Waals surface area contributed by atoms with Crippen molar-refractivity contribution in [3.63, 3.8) is 0 Å². The van der Waals surface area contributed by atoms with Gasteiger partial charge in [-0.1, -0.05) is 18.9 Å². The second-order valence-corrected chi connectivity index (χ2v) is 4.89. The van der Waals surface area contributed by atoms with Gasteiger partial charge < -0.3 is 11.1 Å². The fraction of sp³-hybridized carbons (Fsp3) is 0.500. The van der Waals surface area contributed by atoms with Gasteiger partial charge >= 0.3 is 0 Å². The zero-order chi connectivity index (χ0) is 15.6. The van der Waals surface area contributed by atoms with Gasteiger partial charge in [-0.15, -0.1) is 35.0 Å². The predicted molar refractivity (Wildman–Crippen MR) is 96.1 cm³/mol. The number of aromatic nitrogens is 5. The molecule has 0 radical (unpaired) electrons. The van der Waals surface area contributed by atoms with Crippen molar-refractivity contribution in [2.45, 2.75) is 32.2 Å². The molecule has 8 nitrogen and oxygen atoms in total. The number of hydrogen-bond acceptors (Lipinski definition) is 6. The van der Waals surface area contributed by atoms with Gasteiger partial charge in [0.25, 0.3) is 0 Å². The second-order valence-electron chi connectivity index (χ2n) is 4.89. The first kappa shape index (κ1) is 22.2. The minimum absolute atomic E-state index is 0. The van der Waals surface area contributed by atoms with E-state index in [0.717, 1.165) is 37.9 Å². The Balaban J connectivity index is 0.00000264. The number of halogens is 2. The van der Waals surface area contributed by atoms with E-state index in [1.807, 2.05) is 18.2 Å². The summed E-state index contributed by atoms with van der Waals surface area (Å²) in [5.41, 5.74) is 5.93. The molecule has 0 spiro atoms. The van der Waals surface area contributed by atoms with Gasteiger partial charge in [-0.2, -0.15) is 4.80 Å². The molecule has 2 rings (SSSR count). The van der Waals surface area contributed by atoms with Crippen molar-refractivity contribution in [2.24, 2.45) is 5.73 Å². The number of nitrogens with one attached hydrogen (secondary N) is 1. The number of amides is 1. The van der Waals surface area contributed by atoms with Gasteiger partial charge in [0.05, 0.1) is 13.1 Å². The lowest BCUT2D eigenvalue weighted by Crippen LogP contribution is -2.30. The Morgan fingerprint density at radius 2 is 1.96 bits per heavy atom. The molecule has 2 heterocycles. The maximum Gasteiger partial charge on any atom is 0.233 e. The molecule has 0 atom stereocenters. The van der Waals surface area contributed by atoms with Crippen LogP contribution in [0, 0.1) is 0 Å². The molecule has 0 saturated heterocycles. The molecule has 0 aliphatic rings. The molecular formula is C14H23Cl2N7O. The highest BCUT2D eigenvalue weighted by atomic mass is 35.5. The molecule has 2 aromatic heterocycles. The maximum atomic E-state index is 10.9. The molecular weight excluding hydrogens is 353 g/mol. The van der Waals surface area contributed by atoms with Crippen LogP contribution >= 0.6 is 24.8 Å². The third kappa shape index (κ3) is 7.67. The number of pyridine rings is 1. The molecule has 0 fully saturated rings. The van der Waals surface area contributed by atoms with Crippen LogP contribution in [0.4, 0.5) is 0 Å². The zero-order valence-corrected chi connectivity index (χ0v) is 14.9. The number of rotatable bonds is 9. The van der Waals surface area contributed by atoms with Crippen LogP contribution in [0.1, 0.15) is 25.7 Å². The lowest BCUT2D eigenvalue weighted by Gasteiger charge is -2.03. The standard InChI is InChI=1S/C14H21N7O.2ClH/c15-11-13(22)17-9-4-1-2-6-10-21-19-14(18-20-21)12-7-3-5-8-16-12;;/h3,5,7-8H,1-2,4,6,9-11,15H2,(H,17,22);2*1H. The Labute approximate surface area is 153 Å². The van der Waals surface area contributed by atoms with Crippen LogP contribution in [0.2, 0.25) is 0 Å². The fourth-order valence-electron chi connectivity index (χ4n) is 1.97. The Bertz CT molecular complexity index is 580. The Kier molecular flexibility index (Phi) is 11.7. The number of nitrogens with zero attached hydrogens (tertiary/aromatic N) is 5. The summed E-state index contributed by atoms with van der Waals surface area (Å²) in [6.45, 7) is 1.47. The van der Waals surface area contributed by atoms with Crippen LogP contribution in [-0.2, 0) is 11.3 Å². The first-order valence-corrected chi connectivity index (χ1v) is 7.45. The summed E-state index contributed by atoms with van der Waals surface area (Å²) in [5.74, 6) is 0.443. The van der Waals surface area contributed by atoms with E-state index in [1.54, 1.807) is 11.0 Å². The van der Waals surface area contributed by atoms with Gasteiger partial charge in [0, 0.05) is 12.7 Å². The van der Waals surface area contributed by atoms with Crippen LogP contribution in [-0.4, -0.2) is 44.2 Å². The quantitative estimate of drug-likeness (QED) is 0.637. The van der Waals surface area contributed by atoms with Crippen LogP contribution in [0.3, 0.4) is 0 Å². The van der Waals surface area contributed by atoms with Gasteiger partial charge in [-0.3, -0.25) is 9.78 Å². The number of carbonyl (C=O) groups is 1. The van der Waals surface area contributed by atoms with Crippen molar-refractivity contribution >= 4 is 30.7 Å². The van der Waals surface area contributed by atoms with Crippen LogP contribution in [0.25, 0.3) is 11.5 Å². The van der Waals surface area contributed by atoms with Gasteiger partial charge in [0.15, 0.2) is 0 Å². The van der Waals surface area contributed by atoms with Crippen molar-refractivity contribution < 1.29 is 4.79 Å². The molecule has 0 aliphatic heterocycles. The van der Waals surface area contributed by atoms with Gasteiger partial charge in [0.2, 0.25) is 11.7 Å². The third-order valence-electron chi connectivity index (χ3n) is 3.14. The number of aryl methyl sites for hydroxylation is 1. The molecule has 0 aromatic carbocycles. The average molecular weight is 376 g/mol. The highest BCUT2D eigenvalue weighted by Crippen LogP contribution is 2.08. The van der Waals surface area contributed by atoms with Crippen molar-refractivity contribution in [3.05, 3.63) is 24.4 Å². The first-order chi connectivity index (χ1) is 10.8. The number of hydrogen-bond donors (Lipinski definition) is 2. The fourth-order valence-corrected chi connectivity index (χ4v) is 1.97. The van der Waals surface area contributed by atoms with Crippen molar-refractivity contribution in [1.82, 2.24) is 30.5 Å².